The van der Waals surface area contributed by atoms with Crippen LogP contribution >= 0.6 is 0 Å². The first-order valence-electron chi connectivity index (χ1n) is 5.39. The summed E-state index contributed by atoms with van der Waals surface area (Å²) in [4.78, 5) is 11.0. The molecule has 0 spiro atoms. The molecule has 0 radical (unpaired) electrons. The molecule has 2 aromatic heterocycles. The molecule has 1 aliphatic heterocycles. The van der Waals surface area contributed by atoms with Crippen LogP contribution in [0.25, 0.3) is 11.1 Å². The van der Waals surface area contributed by atoms with Gasteiger partial charge in [0.15, 0.2) is 11.4 Å². The number of aromatic nitrogens is 2. The van der Waals surface area contributed by atoms with Gasteiger partial charge < -0.3 is 14.1 Å². The third-order valence-electron chi connectivity index (χ3n) is 2.71. The van der Waals surface area contributed by atoms with Crippen molar-refractivity contribution in [1.29, 1.82) is 0 Å². The van der Waals surface area contributed by atoms with Crippen LogP contribution in [-0.2, 0) is 4.74 Å². The molecule has 0 aliphatic carbocycles. The van der Waals surface area contributed by atoms with Crippen LogP contribution in [0.4, 0.5) is 5.82 Å². The molecule has 5 nitrogen and oxygen atoms in total. The highest BCUT2D eigenvalue weighted by Crippen LogP contribution is 2.25. The zero-order valence-electron chi connectivity index (χ0n) is 9.14. The highest BCUT2D eigenvalue weighted by atomic mass is 16.5. The lowest BCUT2D eigenvalue weighted by atomic mass is 10.3. The Morgan fingerprint density at radius 1 is 1.25 bits per heavy atom. The second-order valence-corrected chi connectivity index (χ2v) is 3.83. The fourth-order valence-corrected chi connectivity index (χ4v) is 1.95. The van der Waals surface area contributed by atoms with E-state index in [4.69, 9.17) is 9.15 Å². The predicted molar refractivity (Wildman–Crippen MR) is 59.6 cm³/mol. The van der Waals surface area contributed by atoms with Crippen LogP contribution in [0.5, 0.6) is 0 Å². The van der Waals surface area contributed by atoms with Crippen molar-refractivity contribution < 1.29 is 9.15 Å². The van der Waals surface area contributed by atoms with Gasteiger partial charge in [0.05, 0.1) is 19.5 Å². The average Bonchev–Trinajstić information content (AvgIpc) is 2.77. The van der Waals surface area contributed by atoms with Crippen molar-refractivity contribution >= 4 is 16.9 Å². The Hall–Kier alpha value is -1.62. The number of furan rings is 1. The van der Waals surface area contributed by atoms with E-state index in [9.17, 15) is 0 Å². The summed E-state index contributed by atoms with van der Waals surface area (Å²) in [6, 6.07) is 1.87. The lowest BCUT2D eigenvalue weighted by Crippen LogP contribution is -2.37. The van der Waals surface area contributed by atoms with E-state index in [-0.39, 0.29) is 0 Å². The number of anilines is 1. The second kappa shape index (κ2) is 3.75. The van der Waals surface area contributed by atoms with E-state index in [0.29, 0.717) is 0 Å². The Balaban J connectivity index is 2.09. The van der Waals surface area contributed by atoms with Gasteiger partial charge in [0.25, 0.3) is 0 Å². The lowest BCUT2D eigenvalue weighted by molar-refractivity contribution is 0.122. The van der Waals surface area contributed by atoms with Gasteiger partial charge in [0, 0.05) is 19.2 Å². The molecule has 0 saturated carbocycles. The minimum absolute atomic E-state index is 0.741. The Bertz CT molecular complexity index is 503. The number of aryl methyl sites for hydroxylation is 1. The average molecular weight is 219 g/mol. The van der Waals surface area contributed by atoms with Crippen molar-refractivity contribution in [3.63, 3.8) is 0 Å². The summed E-state index contributed by atoms with van der Waals surface area (Å²) in [5, 5.41) is 0. The molecule has 0 atom stereocenters. The summed E-state index contributed by atoms with van der Waals surface area (Å²) in [5.74, 6) is 1.66. The topological polar surface area (TPSA) is 51.4 Å². The minimum atomic E-state index is 0.741. The SMILES string of the molecule is Cc1nc(N2CCOCC2)c2occc2n1. The highest BCUT2D eigenvalue weighted by Gasteiger charge is 2.18. The number of ether oxygens (including phenoxy) is 1. The fraction of sp³-hybridized carbons (Fsp3) is 0.455. The van der Waals surface area contributed by atoms with Crippen LogP contribution in [0.3, 0.4) is 0 Å². The normalized spacial score (nSPS) is 16.9. The molecule has 3 rings (SSSR count). The first kappa shape index (κ1) is 9.59. The molecule has 0 unspecified atom stereocenters. The van der Waals surface area contributed by atoms with Crippen LogP contribution in [0.15, 0.2) is 16.7 Å². The van der Waals surface area contributed by atoms with E-state index in [1.807, 2.05) is 13.0 Å². The van der Waals surface area contributed by atoms with Crippen LogP contribution in [-0.4, -0.2) is 36.3 Å². The number of nitrogens with zero attached hydrogens (tertiary/aromatic N) is 3. The van der Waals surface area contributed by atoms with Crippen LogP contribution in [0.2, 0.25) is 0 Å². The van der Waals surface area contributed by atoms with E-state index in [0.717, 1.165) is 49.0 Å². The van der Waals surface area contributed by atoms with E-state index in [1.165, 1.54) is 0 Å². The van der Waals surface area contributed by atoms with Crippen LogP contribution in [0, 0.1) is 6.92 Å². The van der Waals surface area contributed by atoms with Crippen molar-refractivity contribution in [2.45, 2.75) is 6.92 Å². The molecule has 5 heteroatoms. The minimum Gasteiger partial charge on any atom is -0.459 e. The van der Waals surface area contributed by atoms with Gasteiger partial charge in [-0.25, -0.2) is 9.97 Å². The molecule has 16 heavy (non-hydrogen) atoms. The third kappa shape index (κ3) is 1.53. The first-order chi connectivity index (χ1) is 7.84. The Kier molecular flexibility index (Phi) is 2.25. The first-order valence-corrected chi connectivity index (χ1v) is 5.39. The van der Waals surface area contributed by atoms with Crippen molar-refractivity contribution in [1.82, 2.24) is 9.97 Å². The van der Waals surface area contributed by atoms with Gasteiger partial charge >= 0.3 is 0 Å². The maximum absolute atomic E-state index is 5.45. The summed E-state index contributed by atoms with van der Waals surface area (Å²) in [5.41, 5.74) is 1.64. The third-order valence-corrected chi connectivity index (χ3v) is 2.71. The molecule has 1 aliphatic rings. The van der Waals surface area contributed by atoms with Crippen LogP contribution in [0.1, 0.15) is 5.82 Å². The van der Waals surface area contributed by atoms with Gasteiger partial charge in [0.1, 0.15) is 11.3 Å². The van der Waals surface area contributed by atoms with Gasteiger partial charge in [-0.15, -0.1) is 0 Å². The molecule has 0 bridgehead atoms. The molecular weight excluding hydrogens is 206 g/mol. The summed E-state index contributed by atoms with van der Waals surface area (Å²) in [7, 11) is 0. The highest BCUT2D eigenvalue weighted by molar-refractivity contribution is 5.84. The smallest absolute Gasteiger partial charge is 0.194 e. The van der Waals surface area contributed by atoms with Crippen molar-refractivity contribution in [3.8, 4) is 0 Å². The molecule has 84 valence electrons. The van der Waals surface area contributed by atoms with Gasteiger partial charge in [-0.05, 0) is 6.92 Å². The Morgan fingerprint density at radius 3 is 2.88 bits per heavy atom. The largest absolute Gasteiger partial charge is 0.459 e. The molecule has 0 aromatic carbocycles. The number of morpholine rings is 1. The maximum Gasteiger partial charge on any atom is 0.194 e. The van der Waals surface area contributed by atoms with Crippen molar-refractivity contribution in [3.05, 3.63) is 18.2 Å². The lowest BCUT2D eigenvalue weighted by Gasteiger charge is -2.27. The quantitative estimate of drug-likeness (QED) is 0.725. The summed E-state index contributed by atoms with van der Waals surface area (Å²) in [6.07, 6.45) is 1.66. The molecular formula is C11H13N3O2. The number of fused-ring (bicyclic) bond motifs is 1. The van der Waals surface area contributed by atoms with Gasteiger partial charge in [0.2, 0.25) is 0 Å². The van der Waals surface area contributed by atoms with Gasteiger partial charge in [-0.1, -0.05) is 0 Å². The Morgan fingerprint density at radius 2 is 2.06 bits per heavy atom. The Labute approximate surface area is 93.0 Å². The van der Waals surface area contributed by atoms with E-state index in [2.05, 4.69) is 14.9 Å². The zero-order valence-corrected chi connectivity index (χ0v) is 9.14. The maximum atomic E-state index is 5.45. The predicted octanol–water partition coefficient (Wildman–Crippen LogP) is 1.37. The molecule has 2 aromatic rings. The van der Waals surface area contributed by atoms with E-state index < -0.39 is 0 Å². The van der Waals surface area contributed by atoms with Gasteiger partial charge in [-0.2, -0.15) is 0 Å². The zero-order chi connectivity index (χ0) is 11.0. The number of rotatable bonds is 1. The van der Waals surface area contributed by atoms with E-state index in [1.54, 1.807) is 6.26 Å². The fourth-order valence-electron chi connectivity index (χ4n) is 1.95. The van der Waals surface area contributed by atoms with Gasteiger partial charge in [-0.3, -0.25) is 0 Å². The standard InChI is InChI=1S/C11H13N3O2/c1-8-12-9-2-5-16-10(9)11(13-8)14-3-6-15-7-4-14/h2,5H,3-4,6-7H2,1H3. The second-order valence-electron chi connectivity index (χ2n) is 3.83. The molecule has 0 amide bonds. The van der Waals surface area contributed by atoms with E-state index >= 15 is 0 Å². The molecule has 1 fully saturated rings. The molecule has 0 N–H and O–H groups in total. The number of hydrogen-bond acceptors (Lipinski definition) is 5. The van der Waals surface area contributed by atoms with Crippen LogP contribution < -0.4 is 4.90 Å². The summed E-state index contributed by atoms with van der Waals surface area (Å²) < 4.78 is 10.8. The number of hydrogen-bond donors (Lipinski definition) is 0. The summed E-state index contributed by atoms with van der Waals surface area (Å²) in [6.45, 7) is 5.09. The molecule has 3 heterocycles. The van der Waals surface area contributed by atoms with Crippen molar-refractivity contribution in [2.75, 3.05) is 31.2 Å². The molecule has 1 saturated heterocycles. The summed E-state index contributed by atoms with van der Waals surface area (Å²) >= 11 is 0. The monoisotopic (exact) mass is 219 g/mol. The van der Waals surface area contributed by atoms with Crippen molar-refractivity contribution in [2.24, 2.45) is 0 Å².